The van der Waals surface area contributed by atoms with Crippen molar-refractivity contribution in [3.63, 3.8) is 0 Å². The molecule has 3 rings (SSSR count). The molecule has 3 aromatic rings. The minimum atomic E-state index is -0.172. The van der Waals surface area contributed by atoms with Gasteiger partial charge in [-0.15, -0.1) is 0 Å². The number of imidazole rings is 1. The Morgan fingerprint density at radius 2 is 1.79 bits per heavy atom. The van der Waals surface area contributed by atoms with Crippen molar-refractivity contribution in [2.75, 3.05) is 20.3 Å². The summed E-state index contributed by atoms with van der Waals surface area (Å²) in [7, 11) is 1.58. The molecule has 0 spiro atoms. The molecule has 0 radical (unpaired) electrons. The second-order valence-corrected chi connectivity index (χ2v) is 7.72. The Morgan fingerprint density at radius 1 is 1.11 bits per heavy atom. The van der Waals surface area contributed by atoms with E-state index >= 15 is 0 Å². The summed E-state index contributed by atoms with van der Waals surface area (Å²) >= 11 is 24.9. The molecular weight excluding hydrogens is 444 g/mol. The normalized spacial score (nSPS) is 11.2. The van der Waals surface area contributed by atoms with E-state index in [0.29, 0.717) is 56.5 Å². The number of carbonyl (C=O) groups is 1. The Morgan fingerprint density at radius 3 is 2.46 bits per heavy atom. The molecule has 9 heteroatoms. The summed E-state index contributed by atoms with van der Waals surface area (Å²) in [5, 5.41) is 4.65. The number of halogens is 4. The minimum absolute atomic E-state index is 0.0651. The predicted octanol–water partition coefficient (Wildman–Crippen LogP) is 5.00. The van der Waals surface area contributed by atoms with Crippen molar-refractivity contribution in [3.8, 4) is 0 Å². The van der Waals surface area contributed by atoms with Crippen molar-refractivity contribution in [2.24, 2.45) is 0 Å². The summed E-state index contributed by atoms with van der Waals surface area (Å²) in [6, 6.07) is 8.68. The van der Waals surface area contributed by atoms with E-state index in [1.54, 1.807) is 42.0 Å². The Hall–Kier alpha value is -1.50. The largest absolute Gasteiger partial charge is 0.383 e. The molecule has 28 heavy (non-hydrogen) atoms. The molecule has 0 aliphatic heterocycles. The van der Waals surface area contributed by atoms with Crippen LogP contribution in [-0.4, -0.2) is 35.7 Å². The van der Waals surface area contributed by atoms with Gasteiger partial charge in [0.25, 0.3) is 0 Å². The summed E-state index contributed by atoms with van der Waals surface area (Å²) in [6.07, 6.45) is 0.355. The van der Waals surface area contributed by atoms with Crippen LogP contribution in [0.4, 0.5) is 0 Å². The first-order valence-electron chi connectivity index (χ1n) is 8.43. The number of carbonyl (C=O) groups excluding carboxylic acids is 1. The van der Waals surface area contributed by atoms with Gasteiger partial charge in [-0.1, -0.05) is 52.5 Å². The van der Waals surface area contributed by atoms with Gasteiger partial charge in [-0.25, -0.2) is 4.98 Å². The molecule has 0 unspecified atom stereocenters. The molecule has 0 aliphatic carbocycles. The second kappa shape index (κ2) is 9.33. The summed E-state index contributed by atoms with van der Waals surface area (Å²) in [6.45, 7) is 0.912. The zero-order chi connectivity index (χ0) is 20.3. The van der Waals surface area contributed by atoms with Gasteiger partial charge in [-0.05, 0) is 29.8 Å². The number of ether oxygens (including phenoxy) is 1. The van der Waals surface area contributed by atoms with Crippen molar-refractivity contribution in [3.05, 3.63) is 61.8 Å². The first kappa shape index (κ1) is 21.2. The summed E-state index contributed by atoms with van der Waals surface area (Å²) in [5.41, 5.74) is 2.08. The first-order valence-corrected chi connectivity index (χ1v) is 9.94. The summed E-state index contributed by atoms with van der Waals surface area (Å²) < 4.78 is 6.75. The van der Waals surface area contributed by atoms with E-state index in [0.717, 1.165) is 5.56 Å². The molecule has 0 saturated carbocycles. The number of rotatable bonds is 7. The monoisotopic (exact) mass is 459 g/mol. The zero-order valence-electron chi connectivity index (χ0n) is 14.9. The fraction of sp³-hybridized carbons (Fsp3) is 0.263. The molecule has 1 aromatic heterocycles. The Balaban J connectivity index is 2.01. The van der Waals surface area contributed by atoms with Gasteiger partial charge in [0.05, 0.1) is 27.7 Å². The fourth-order valence-corrected chi connectivity index (χ4v) is 3.68. The third kappa shape index (κ3) is 4.73. The van der Waals surface area contributed by atoms with E-state index < -0.39 is 0 Å². The highest BCUT2D eigenvalue weighted by molar-refractivity contribution is 6.42. The third-order valence-electron chi connectivity index (χ3n) is 4.20. The van der Waals surface area contributed by atoms with Gasteiger partial charge >= 0.3 is 0 Å². The van der Waals surface area contributed by atoms with E-state index in [-0.39, 0.29) is 12.5 Å². The van der Waals surface area contributed by atoms with Crippen LogP contribution in [0.1, 0.15) is 11.4 Å². The maximum Gasteiger partial charge on any atom is 0.240 e. The smallest absolute Gasteiger partial charge is 0.240 e. The lowest BCUT2D eigenvalue weighted by molar-refractivity contribution is -0.121. The van der Waals surface area contributed by atoms with Gasteiger partial charge in [0.1, 0.15) is 12.4 Å². The highest BCUT2D eigenvalue weighted by Gasteiger charge is 2.18. The van der Waals surface area contributed by atoms with E-state index in [9.17, 15) is 4.79 Å². The van der Waals surface area contributed by atoms with Gasteiger partial charge in [0.2, 0.25) is 5.91 Å². The number of aromatic nitrogens is 2. The average Bonchev–Trinajstić information content (AvgIpc) is 2.95. The van der Waals surface area contributed by atoms with Crippen molar-refractivity contribution in [1.82, 2.24) is 14.9 Å². The van der Waals surface area contributed by atoms with Crippen molar-refractivity contribution >= 4 is 63.3 Å². The van der Waals surface area contributed by atoms with Crippen LogP contribution >= 0.6 is 46.4 Å². The summed E-state index contributed by atoms with van der Waals surface area (Å²) in [4.78, 5) is 17.0. The molecule has 2 aromatic carbocycles. The molecule has 1 heterocycles. The molecule has 0 saturated heterocycles. The Bertz CT molecular complexity index is 1000. The van der Waals surface area contributed by atoms with Gasteiger partial charge in [-0.2, -0.15) is 0 Å². The maximum absolute atomic E-state index is 12.4. The number of methoxy groups -OCH3 is 1. The number of amides is 1. The molecule has 5 nitrogen and oxygen atoms in total. The van der Waals surface area contributed by atoms with Gasteiger partial charge in [0.15, 0.2) is 0 Å². The first-order chi connectivity index (χ1) is 13.4. The maximum atomic E-state index is 12.4. The highest BCUT2D eigenvalue weighted by atomic mass is 35.5. The number of nitrogens with zero attached hydrogens (tertiary/aromatic N) is 2. The van der Waals surface area contributed by atoms with Crippen LogP contribution in [0.2, 0.25) is 20.1 Å². The second-order valence-electron chi connectivity index (χ2n) is 6.09. The van der Waals surface area contributed by atoms with Crippen LogP contribution in [0.3, 0.4) is 0 Å². The molecule has 1 amide bonds. The molecule has 1 N–H and O–H groups in total. The van der Waals surface area contributed by atoms with Crippen molar-refractivity contribution in [1.29, 1.82) is 0 Å². The number of nitrogens with one attached hydrogen (secondary N) is 1. The Kier molecular flexibility index (Phi) is 7.07. The fourth-order valence-electron chi connectivity index (χ4n) is 2.83. The molecule has 0 atom stereocenters. The average molecular weight is 461 g/mol. The summed E-state index contributed by atoms with van der Waals surface area (Å²) in [5.74, 6) is 0.458. The van der Waals surface area contributed by atoms with Crippen LogP contribution in [0.15, 0.2) is 30.3 Å². The van der Waals surface area contributed by atoms with Crippen LogP contribution < -0.4 is 5.32 Å². The molecule has 0 fully saturated rings. The molecule has 0 aliphatic rings. The Labute approximate surface area is 182 Å². The van der Waals surface area contributed by atoms with Crippen molar-refractivity contribution < 1.29 is 9.53 Å². The lowest BCUT2D eigenvalue weighted by atomic mass is 10.1. The van der Waals surface area contributed by atoms with Crippen LogP contribution in [0.25, 0.3) is 11.0 Å². The lowest BCUT2D eigenvalue weighted by Gasteiger charge is -2.12. The van der Waals surface area contributed by atoms with Crippen molar-refractivity contribution in [2.45, 2.75) is 13.0 Å². The molecule has 0 bridgehead atoms. The van der Waals surface area contributed by atoms with E-state index in [1.807, 2.05) is 0 Å². The predicted molar refractivity (Wildman–Crippen MR) is 114 cm³/mol. The minimum Gasteiger partial charge on any atom is -0.383 e. The van der Waals surface area contributed by atoms with E-state index in [4.69, 9.17) is 51.1 Å². The van der Waals surface area contributed by atoms with Gasteiger partial charge in [-0.3, -0.25) is 4.79 Å². The van der Waals surface area contributed by atoms with E-state index in [1.165, 1.54) is 0 Å². The number of benzene rings is 2. The van der Waals surface area contributed by atoms with Crippen LogP contribution in [0.5, 0.6) is 0 Å². The SMILES string of the molecule is COCCNC(=O)Cn1c(Cc2c(Cl)cccc2Cl)nc2cc(Cl)c(Cl)cc21. The molecule has 148 valence electrons. The van der Waals surface area contributed by atoms with E-state index in [2.05, 4.69) is 10.3 Å². The van der Waals surface area contributed by atoms with Gasteiger partial charge < -0.3 is 14.6 Å². The highest BCUT2D eigenvalue weighted by Crippen LogP contribution is 2.31. The topological polar surface area (TPSA) is 56.1 Å². The standard InChI is InChI=1S/C19H17Cl4N3O2/c1-28-6-5-24-19(27)10-26-17-9-15(23)14(22)8-16(17)25-18(26)7-11-12(20)3-2-4-13(11)21/h2-4,8-9H,5-7,10H2,1H3,(H,24,27). The number of hydrogen-bond acceptors (Lipinski definition) is 3. The quantitative estimate of drug-likeness (QED) is 0.504. The van der Waals surface area contributed by atoms with Crippen LogP contribution in [0, 0.1) is 0 Å². The van der Waals surface area contributed by atoms with Gasteiger partial charge in [0, 0.05) is 30.1 Å². The zero-order valence-corrected chi connectivity index (χ0v) is 18.0. The number of fused-ring (bicyclic) bond motifs is 1. The lowest BCUT2D eigenvalue weighted by Crippen LogP contribution is -2.30. The van der Waals surface area contributed by atoms with Crippen LogP contribution in [-0.2, 0) is 22.5 Å². The third-order valence-corrected chi connectivity index (χ3v) is 5.63. The number of hydrogen-bond donors (Lipinski definition) is 1. The molecular formula is C19H17Cl4N3O2.